The van der Waals surface area contributed by atoms with Crippen LogP contribution >= 0.6 is 21.6 Å². The summed E-state index contributed by atoms with van der Waals surface area (Å²) in [5.41, 5.74) is 0. The SMILES string of the molecule is O=C(O)C[C@@H](O)CC1CCSS1. The van der Waals surface area contributed by atoms with Gasteiger partial charge in [-0.3, -0.25) is 4.79 Å². The smallest absolute Gasteiger partial charge is 0.305 e. The molecule has 1 heterocycles. The van der Waals surface area contributed by atoms with Crippen LogP contribution in [0.2, 0.25) is 0 Å². The van der Waals surface area contributed by atoms with E-state index in [2.05, 4.69) is 0 Å². The van der Waals surface area contributed by atoms with Gasteiger partial charge < -0.3 is 10.2 Å². The Bertz CT molecular complexity index is 157. The highest BCUT2D eigenvalue weighted by atomic mass is 33.1. The van der Waals surface area contributed by atoms with E-state index in [0.717, 1.165) is 12.2 Å². The lowest BCUT2D eigenvalue weighted by Crippen LogP contribution is -2.17. The summed E-state index contributed by atoms with van der Waals surface area (Å²) in [6, 6.07) is 0. The minimum atomic E-state index is -0.918. The van der Waals surface area contributed by atoms with Gasteiger partial charge in [-0.05, 0) is 12.8 Å². The van der Waals surface area contributed by atoms with E-state index in [9.17, 15) is 9.90 Å². The number of aliphatic hydroxyl groups excluding tert-OH is 1. The van der Waals surface area contributed by atoms with Gasteiger partial charge in [-0.2, -0.15) is 0 Å². The van der Waals surface area contributed by atoms with E-state index in [1.54, 1.807) is 21.6 Å². The van der Waals surface area contributed by atoms with Crippen LogP contribution in [0.5, 0.6) is 0 Å². The largest absolute Gasteiger partial charge is 0.481 e. The van der Waals surface area contributed by atoms with Crippen LogP contribution in [0.1, 0.15) is 19.3 Å². The molecule has 0 aromatic rings. The number of carboxylic acid groups (broad SMARTS) is 1. The minimum Gasteiger partial charge on any atom is -0.481 e. The number of aliphatic carboxylic acids is 1. The van der Waals surface area contributed by atoms with Crippen molar-refractivity contribution in [3.8, 4) is 0 Å². The molecule has 1 aliphatic rings. The van der Waals surface area contributed by atoms with Crippen LogP contribution in [0.15, 0.2) is 0 Å². The maximum Gasteiger partial charge on any atom is 0.305 e. The zero-order chi connectivity index (χ0) is 8.97. The van der Waals surface area contributed by atoms with Gasteiger partial charge >= 0.3 is 5.97 Å². The molecule has 1 saturated heterocycles. The number of hydrogen-bond acceptors (Lipinski definition) is 4. The first kappa shape index (κ1) is 10.2. The van der Waals surface area contributed by atoms with E-state index in [1.165, 1.54) is 0 Å². The molecule has 12 heavy (non-hydrogen) atoms. The van der Waals surface area contributed by atoms with Gasteiger partial charge in [0.1, 0.15) is 0 Å². The molecule has 2 atom stereocenters. The maximum absolute atomic E-state index is 10.2. The summed E-state index contributed by atoms with van der Waals surface area (Å²) in [6.07, 6.45) is 0.913. The quantitative estimate of drug-likeness (QED) is 0.683. The van der Waals surface area contributed by atoms with Crippen LogP contribution in [-0.2, 0) is 4.79 Å². The summed E-state index contributed by atoms with van der Waals surface area (Å²) < 4.78 is 0. The van der Waals surface area contributed by atoms with Crippen molar-refractivity contribution < 1.29 is 15.0 Å². The lowest BCUT2D eigenvalue weighted by Gasteiger charge is -2.11. The maximum atomic E-state index is 10.2. The van der Waals surface area contributed by atoms with Crippen molar-refractivity contribution >= 4 is 27.6 Å². The van der Waals surface area contributed by atoms with E-state index in [4.69, 9.17) is 5.11 Å². The second-order valence-electron chi connectivity index (χ2n) is 2.82. The van der Waals surface area contributed by atoms with E-state index in [0.29, 0.717) is 11.7 Å². The molecule has 3 nitrogen and oxygen atoms in total. The molecule has 2 N–H and O–H groups in total. The van der Waals surface area contributed by atoms with Crippen LogP contribution in [0, 0.1) is 0 Å². The van der Waals surface area contributed by atoms with Crippen molar-refractivity contribution in [1.82, 2.24) is 0 Å². The molecule has 1 unspecified atom stereocenters. The van der Waals surface area contributed by atoms with Gasteiger partial charge in [0.25, 0.3) is 0 Å². The molecule has 0 amide bonds. The Hall–Kier alpha value is 0.130. The predicted molar refractivity (Wildman–Crippen MR) is 51.3 cm³/mol. The lowest BCUT2D eigenvalue weighted by molar-refractivity contribution is -0.139. The third-order valence-electron chi connectivity index (χ3n) is 1.67. The summed E-state index contributed by atoms with van der Waals surface area (Å²) in [4.78, 5) is 10.2. The highest BCUT2D eigenvalue weighted by molar-refractivity contribution is 8.77. The number of hydrogen-bond donors (Lipinski definition) is 2. The van der Waals surface area contributed by atoms with Gasteiger partial charge in [0.05, 0.1) is 12.5 Å². The molecule has 1 rings (SSSR count). The van der Waals surface area contributed by atoms with E-state index in [-0.39, 0.29) is 6.42 Å². The first-order valence-corrected chi connectivity index (χ1v) is 6.25. The zero-order valence-corrected chi connectivity index (χ0v) is 8.24. The Morgan fingerprint density at radius 3 is 2.92 bits per heavy atom. The van der Waals surface area contributed by atoms with Gasteiger partial charge in [0.15, 0.2) is 0 Å². The Labute approximate surface area is 79.3 Å². The molecular formula is C7H12O3S2. The van der Waals surface area contributed by atoms with Crippen molar-refractivity contribution in [3.63, 3.8) is 0 Å². The van der Waals surface area contributed by atoms with Gasteiger partial charge in [0.2, 0.25) is 0 Å². The Balaban J connectivity index is 2.16. The lowest BCUT2D eigenvalue weighted by atomic mass is 10.1. The molecule has 0 bridgehead atoms. The zero-order valence-electron chi connectivity index (χ0n) is 6.60. The van der Waals surface area contributed by atoms with Crippen LogP contribution in [0.3, 0.4) is 0 Å². The van der Waals surface area contributed by atoms with Gasteiger partial charge in [-0.15, -0.1) is 0 Å². The summed E-state index contributed by atoms with van der Waals surface area (Å²) in [5, 5.41) is 18.1. The van der Waals surface area contributed by atoms with E-state index >= 15 is 0 Å². The van der Waals surface area contributed by atoms with Crippen LogP contribution in [-0.4, -0.2) is 33.3 Å². The third kappa shape index (κ3) is 3.69. The molecule has 0 radical (unpaired) electrons. The van der Waals surface area contributed by atoms with Crippen LogP contribution in [0.25, 0.3) is 0 Å². The standard InChI is InChI=1S/C7H12O3S2/c8-5(4-7(9)10)3-6-1-2-11-12-6/h5-6,8H,1-4H2,(H,9,10)/t5-,6?/m0/s1. The summed E-state index contributed by atoms with van der Waals surface area (Å²) in [6.45, 7) is 0. The fraction of sp³-hybridized carbons (Fsp3) is 0.857. The monoisotopic (exact) mass is 208 g/mol. The second kappa shape index (κ2) is 4.99. The molecule has 1 aliphatic heterocycles. The molecule has 70 valence electrons. The number of carbonyl (C=O) groups is 1. The fourth-order valence-electron chi connectivity index (χ4n) is 1.12. The molecule has 0 saturated carbocycles. The fourth-order valence-corrected chi connectivity index (χ4v) is 4.13. The number of aliphatic hydroxyl groups is 1. The highest BCUT2D eigenvalue weighted by Crippen LogP contribution is 2.39. The van der Waals surface area contributed by atoms with Crippen molar-refractivity contribution in [1.29, 1.82) is 0 Å². The first-order valence-electron chi connectivity index (χ1n) is 3.86. The average Bonchev–Trinajstić information content (AvgIpc) is 2.37. The van der Waals surface area contributed by atoms with Crippen molar-refractivity contribution in [2.45, 2.75) is 30.6 Å². The van der Waals surface area contributed by atoms with Crippen molar-refractivity contribution in [3.05, 3.63) is 0 Å². The molecule has 5 heteroatoms. The molecular weight excluding hydrogens is 196 g/mol. The molecule has 0 aromatic heterocycles. The van der Waals surface area contributed by atoms with Crippen molar-refractivity contribution in [2.75, 3.05) is 5.75 Å². The van der Waals surface area contributed by atoms with Crippen LogP contribution in [0.4, 0.5) is 0 Å². The molecule has 0 aromatic carbocycles. The number of carboxylic acids is 1. The van der Waals surface area contributed by atoms with Gasteiger partial charge in [-0.25, -0.2) is 0 Å². The van der Waals surface area contributed by atoms with Gasteiger partial charge in [-0.1, -0.05) is 21.6 Å². The molecule has 1 fully saturated rings. The predicted octanol–water partition coefficient (Wildman–Crippen LogP) is 1.37. The summed E-state index contributed by atoms with van der Waals surface area (Å²) in [7, 11) is 3.56. The molecule has 0 aliphatic carbocycles. The Morgan fingerprint density at radius 1 is 1.67 bits per heavy atom. The average molecular weight is 208 g/mol. The number of rotatable bonds is 4. The summed E-state index contributed by atoms with van der Waals surface area (Å²) >= 11 is 0. The molecule has 0 spiro atoms. The third-order valence-corrected chi connectivity index (χ3v) is 4.64. The second-order valence-corrected chi connectivity index (χ2v) is 5.60. The highest BCUT2D eigenvalue weighted by Gasteiger charge is 2.21. The Morgan fingerprint density at radius 2 is 2.42 bits per heavy atom. The van der Waals surface area contributed by atoms with Crippen LogP contribution < -0.4 is 0 Å². The van der Waals surface area contributed by atoms with E-state index < -0.39 is 12.1 Å². The topological polar surface area (TPSA) is 57.5 Å². The minimum absolute atomic E-state index is 0.123. The van der Waals surface area contributed by atoms with Gasteiger partial charge in [0, 0.05) is 11.0 Å². The first-order chi connectivity index (χ1) is 5.68. The van der Waals surface area contributed by atoms with E-state index in [1.807, 2.05) is 0 Å². The Kier molecular flexibility index (Phi) is 4.25. The normalized spacial score (nSPS) is 25.6. The van der Waals surface area contributed by atoms with Crippen molar-refractivity contribution in [2.24, 2.45) is 0 Å². The summed E-state index contributed by atoms with van der Waals surface area (Å²) in [5.74, 6) is 0.202.